The second-order valence-electron chi connectivity index (χ2n) is 6.86. The number of hydrogen-bond donors (Lipinski definition) is 3. The molecule has 2 unspecified atom stereocenters. The Hall–Kier alpha value is -2.38. The van der Waals surface area contributed by atoms with E-state index in [1.54, 1.807) is 17.0 Å². The van der Waals surface area contributed by atoms with Gasteiger partial charge in [0.2, 0.25) is 0 Å². The number of aromatic nitrogens is 2. The van der Waals surface area contributed by atoms with Crippen LogP contribution in [0.25, 0.3) is 0 Å². The molecule has 0 spiro atoms. The molecule has 7 nitrogen and oxygen atoms in total. The van der Waals surface area contributed by atoms with E-state index in [4.69, 9.17) is 11.6 Å². The van der Waals surface area contributed by atoms with Gasteiger partial charge in [0.25, 0.3) is 0 Å². The summed E-state index contributed by atoms with van der Waals surface area (Å²) in [7, 11) is 0. The van der Waals surface area contributed by atoms with Gasteiger partial charge in [-0.1, -0.05) is 43.6 Å². The summed E-state index contributed by atoms with van der Waals surface area (Å²) in [5.41, 5.74) is 1.34. The molecule has 0 radical (unpaired) electrons. The van der Waals surface area contributed by atoms with Crippen molar-refractivity contribution in [2.45, 2.75) is 38.8 Å². The van der Waals surface area contributed by atoms with Gasteiger partial charge in [0.05, 0.1) is 18.6 Å². The summed E-state index contributed by atoms with van der Waals surface area (Å²) < 4.78 is 1.72. The molecule has 0 aliphatic heterocycles. The second-order valence-corrected chi connectivity index (χ2v) is 7.26. The number of carboxylic acid groups (broad SMARTS) is 2. The van der Waals surface area contributed by atoms with Crippen LogP contribution >= 0.6 is 11.6 Å². The molecule has 0 saturated heterocycles. The molecule has 1 heterocycles. The number of imidazole rings is 1. The van der Waals surface area contributed by atoms with Crippen molar-refractivity contribution < 1.29 is 19.8 Å². The van der Waals surface area contributed by atoms with Crippen molar-refractivity contribution in [1.82, 2.24) is 14.9 Å². The Bertz CT molecular complexity index is 791. The third-order valence-corrected chi connectivity index (χ3v) is 4.64. The van der Waals surface area contributed by atoms with E-state index in [1.807, 2.05) is 32.0 Å². The van der Waals surface area contributed by atoms with Gasteiger partial charge in [-0.3, -0.25) is 9.59 Å². The Kier molecular flexibility index (Phi) is 7.38. The number of hydrogen-bond acceptors (Lipinski definition) is 4. The van der Waals surface area contributed by atoms with Gasteiger partial charge >= 0.3 is 11.9 Å². The first kappa shape index (κ1) is 20.9. The third-order valence-electron chi connectivity index (χ3n) is 4.27. The number of aliphatic carboxylic acids is 2. The van der Waals surface area contributed by atoms with Crippen LogP contribution in [0.3, 0.4) is 0 Å². The summed E-state index contributed by atoms with van der Waals surface area (Å²) in [5.74, 6) is -2.79. The highest BCUT2D eigenvalue weighted by molar-refractivity contribution is 6.31. The lowest BCUT2D eigenvalue weighted by molar-refractivity contribution is -0.142. The first-order valence-electron chi connectivity index (χ1n) is 8.72. The second kappa shape index (κ2) is 9.53. The molecule has 146 valence electrons. The van der Waals surface area contributed by atoms with Crippen molar-refractivity contribution in [3.8, 4) is 0 Å². The Morgan fingerprint density at radius 2 is 1.93 bits per heavy atom. The van der Waals surface area contributed by atoms with Crippen LogP contribution in [-0.4, -0.2) is 44.3 Å². The lowest BCUT2D eigenvalue weighted by Gasteiger charge is -2.20. The molecule has 1 aromatic carbocycles. The van der Waals surface area contributed by atoms with Gasteiger partial charge in [-0.05, 0) is 24.0 Å². The molecule has 8 heteroatoms. The molecule has 0 bridgehead atoms. The largest absolute Gasteiger partial charge is 0.481 e. The quantitative estimate of drug-likeness (QED) is 0.573. The summed E-state index contributed by atoms with van der Waals surface area (Å²) in [5, 5.41) is 22.5. The number of nitrogens with zero attached hydrogens (tertiary/aromatic N) is 2. The SMILES string of the molecule is CC(C)CC(NCC(C(=O)O)c1cncn1Cc1ccccc1Cl)C(=O)O. The molecule has 2 aromatic rings. The van der Waals surface area contributed by atoms with Crippen molar-refractivity contribution in [3.05, 3.63) is 53.1 Å². The molecule has 0 fully saturated rings. The highest BCUT2D eigenvalue weighted by Gasteiger charge is 2.27. The van der Waals surface area contributed by atoms with Gasteiger partial charge in [0.15, 0.2) is 0 Å². The molecule has 3 N–H and O–H groups in total. The average Bonchev–Trinajstić information content (AvgIpc) is 3.03. The van der Waals surface area contributed by atoms with Crippen molar-refractivity contribution in [2.24, 2.45) is 5.92 Å². The van der Waals surface area contributed by atoms with Crippen molar-refractivity contribution >= 4 is 23.5 Å². The predicted molar refractivity (Wildman–Crippen MR) is 102 cm³/mol. The van der Waals surface area contributed by atoms with Crippen LogP contribution in [0, 0.1) is 5.92 Å². The van der Waals surface area contributed by atoms with Gasteiger partial charge in [-0.15, -0.1) is 0 Å². The summed E-state index contributed by atoms with van der Waals surface area (Å²) in [6.07, 6.45) is 3.47. The van der Waals surface area contributed by atoms with E-state index in [-0.39, 0.29) is 12.5 Å². The normalized spacial score (nSPS) is 13.5. The summed E-state index contributed by atoms with van der Waals surface area (Å²) >= 11 is 6.19. The first-order chi connectivity index (χ1) is 12.8. The molecule has 0 aliphatic carbocycles. The fourth-order valence-corrected chi connectivity index (χ4v) is 3.08. The number of nitrogens with one attached hydrogen (secondary N) is 1. The lowest BCUT2D eigenvalue weighted by atomic mass is 10.0. The zero-order valence-electron chi connectivity index (χ0n) is 15.3. The Balaban J connectivity index is 2.18. The zero-order chi connectivity index (χ0) is 20.0. The van der Waals surface area contributed by atoms with E-state index >= 15 is 0 Å². The molecule has 27 heavy (non-hydrogen) atoms. The van der Waals surface area contributed by atoms with Gasteiger partial charge in [0.1, 0.15) is 12.0 Å². The minimum absolute atomic E-state index is 0.00671. The third kappa shape index (κ3) is 5.80. The highest BCUT2D eigenvalue weighted by Crippen LogP contribution is 2.21. The van der Waals surface area contributed by atoms with Crippen molar-refractivity contribution in [3.63, 3.8) is 0 Å². The predicted octanol–water partition coefficient (Wildman–Crippen LogP) is 2.84. The number of carbonyl (C=O) groups is 2. The van der Waals surface area contributed by atoms with Crippen LogP contribution in [0.5, 0.6) is 0 Å². The standard InChI is InChI=1S/C19H24ClN3O4/c1-12(2)7-16(19(26)27)22-8-14(18(24)25)17-9-21-11-23(17)10-13-5-3-4-6-15(13)20/h3-6,9,11-12,14,16,22H,7-8,10H2,1-2H3,(H,24,25)(H,26,27). The van der Waals surface area contributed by atoms with E-state index in [0.29, 0.717) is 23.7 Å². The molecular formula is C19H24ClN3O4. The maximum Gasteiger partial charge on any atom is 0.320 e. The van der Waals surface area contributed by atoms with Crippen LogP contribution in [0.15, 0.2) is 36.8 Å². The van der Waals surface area contributed by atoms with Crippen LogP contribution < -0.4 is 5.32 Å². The Morgan fingerprint density at radius 3 is 2.52 bits per heavy atom. The van der Waals surface area contributed by atoms with E-state index in [2.05, 4.69) is 10.3 Å². The van der Waals surface area contributed by atoms with E-state index in [0.717, 1.165) is 5.56 Å². The molecular weight excluding hydrogens is 370 g/mol. The molecule has 0 aliphatic rings. The summed E-state index contributed by atoms with van der Waals surface area (Å²) in [6, 6.07) is 6.52. The van der Waals surface area contributed by atoms with Gasteiger partial charge < -0.3 is 20.1 Å². The van der Waals surface area contributed by atoms with Crippen LogP contribution in [0.1, 0.15) is 37.4 Å². The van der Waals surface area contributed by atoms with E-state index in [1.165, 1.54) is 6.20 Å². The monoisotopic (exact) mass is 393 g/mol. The van der Waals surface area contributed by atoms with Crippen LogP contribution in [0.2, 0.25) is 5.02 Å². The highest BCUT2D eigenvalue weighted by atomic mass is 35.5. The average molecular weight is 394 g/mol. The molecule has 0 saturated carbocycles. The number of benzene rings is 1. The fourth-order valence-electron chi connectivity index (χ4n) is 2.88. The van der Waals surface area contributed by atoms with Crippen LogP contribution in [-0.2, 0) is 16.1 Å². The fraction of sp³-hybridized carbons (Fsp3) is 0.421. The summed E-state index contributed by atoms with van der Waals surface area (Å²) in [4.78, 5) is 27.3. The van der Waals surface area contributed by atoms with Gasteiger partial charge in [-0.2, -0.15) is 0 Å². The molecule has 2 rings (SSSR count). The number of halogens is 1. The molecule has 2 atom stereocenters. The maximum atomic E-state index is 11.8. The summed E-state index contributed by atoms with van der Waals surface area (Å²) in [6.45, 7) is 4.22. The topological polar surface area (TPSA) is 104 Å². The molecule has 0 amide bonds. The number of carboxylic acids is 2. The van der Waals surface area contributed by atoms with Gasteiger partial charge in [-0.25, -0.2) is 4.98 Å². The Labute approximate surface area is 163 Å². The van der Waals surface area contributed by atoms with Crippen LogP contribution in [0.4, 0.5) is 0 Å². The molecule has 1 aromatic heterocycles. The minimum Gasteiger partial charge on any atom is -0.481 e. The zero-order valence-corrected chi connectivity index (χ0v) is 16.1. The minimum atomic E-state index is -1.04. The van der Waals surface area contributed by atoms with E-state index < -0.39 is 23.9 Å². The van der Waals surface area contributed by atoms with Crippen molar-refractivity contribution in [2.75, 3.05) is 6.54 Å². The maximum absolute atomic E-state index is 11.8. The number of rotatable bonds is 10. The van der Waals surface area contributed by atoms with Crippen molar-refractivity contribution in [1.29, 1.82) is 0 Å². The smallest absolute Gasteiger partial charge is 0.320 e. The first-order valence-corrected chi connectivity index (χ1v) is 9.09. The van der Waals surface area contributed by atoms with E-state index in [9.17, 15) is 19.8 Å². The Morgan fingerprint density at radius 1 is 1.22 bits per heavy atom. The van der Waals surface area contributed by atoms with Gasteiger partial charge in [0, 0.05) is 17.8 Å². The lowest BCUT2D eigenvalue weighted by Crippen LogP contribution is -2.41.